The van der Waals surface area contributed by atoms with E-state index >= 15 is 0 Å². The average Bonchev–Trinajstić information content (AvgIpc) is 2.58. The van der Waals surface area contributed by atoms with Crippen molar-refractivity contribution in [3.8, 4) is 5.75 Å². The number of methoxy groups -OCH3 is 1. The fourth-order valence-corrected chi connectivity index (χ4v) is 3.77. The van der Waals surface area contributed by atoms with Crippen LogP contribution in [0.5, 0.6) is 5.75 Å². The highest BCUT2D eigenvalue weighted by atomic mass is 16.5. The van der Waals surface area contributed by atoms with Gasteiger partial charge in [-0.1, -0.05) is 0 Å². The van der Waals surface area contributed by atoms with E-state index in [1.807, 2.05) is 6.07 Å². The minimum Gasteiger partial charge on any atom is -0.495 e. The molecule has 0 atom stereocenters. The first-order valence-electron chi connectivity index (χ1n) is 8.42. The van der Waals surface area contributed by atoms with E-state index < -0.39 is 0 Å². The molecule has 0 amide bonds. The normalized spacial score (nSPS) is 26.9. The molecular weight excluding hydrogens is 276 g/mol. The summed E-state index contributed by atoms with van der Waals surface area (Å²) in [6.45, 7) is 13.4. The molecule has 0 saturated carbocycles. The van der Waals surface area contributed by atoms with Crippen LogP contribution in [0, 0.1) is 0 Å². The largest absolute Gasteiger partial charge is 0.495 e. The molecule has 3 saturated heterocycles. The van der Waals surface area contributed by atoms with Crippen molar-refractivity contribution in [1.29, 1.82) is 0 Å². The van der Waals surface area contributed by atoms with Gasteiger partial charge >= 0.3 is 0 Å². The minimum atomic E-state index is 0.705. The van der Waals surface area contributed by atoms with Crippen LogP contribution in [0.3, 0.4) is 0 Å². The van der Waals surface area contributed by atoms with E-state index in [0.717, 1.165) is 18.8 Å². The SMILES string of the molecule is CCN(CC[N+]12CCN(CC1)CC2)c1ccc(N)c(OC)c1. The molecule has 0 aromatic heterocycles. The number of hydrogen-bond donors (Lipinski definition) is 1. The lowest BCUT2D eigenvalue weighted by molar-refractivity contribution is -0.939. The van der Waals surface area contributed by atoms with Crippen LogP contribution in [0.15, 0.2) is 18.2 Å². The summed E-state index contributed by atoms with van der Waals surface area (Å²) in [4.78, 5) is 5.04. The lowest BCUT2D eigenvalue weighted by Crippen LogP contribution is -2.68. The van der Waals surface area contributed by atoms with Gasteiger partial charge in [-0.15, -0.1) is 0 Å². The van der Waals surface area contributed by atoms with Crippen LogP contribution in [0.25, 0.3) is 0 Å². The van der Waals surface area contributed by atoms with Crippen LogP contribution in [0.4, 0.5) is 11.4 Å². The van der Waals surface area contributed by atoms with Gasteiger partial charge in [0, 0.05) is 37.9 Å². The van der Waals surface area contributed by atoms with E-state index in [4.69, 9.17) is 10.5 Å². The summed E-state index contributed by atoms with van der Waals surface area (Å²) in [5, 5.41) is 0. The number of quaternary nitrogens is 1. The average molecular weight is 305 g/mol. The van der Waals surface area contributed by atoms with Crippen molar-refractivity contribution >= 4 is 11.4 Å². The maximum absolute atomic E-state index is 5.93. The predicted octanol–water partition coefficient (Wildman–Crippen LogP) is 1.25. The van der Waals surface area contributed by atoms with E-state index in [0.29, 0.717) is 5.69 Å². The quantitative estimate of drug-likeness (QED) is 0.634. The number of nitrogen functional groups attached to an aromatic ring is 1. The van der Waals surface area contributed by atoms with E-state index in [1.54, 1.807) is 7.11 Å². The zero-order valence-corrected chi connectivity index (χ0v) is 13.9. The van der Waals surface area contributed by atoms with Gasteiger partial charge in [0.1, 0.15) is 5.75 Å². The Labute approximate surface area is 133 Å². The number of likely N-dealkylation sites (N-methyl/N-ethyl adjacent to an activating group) is 1. The number of nitrogens with zero attached hydrogens (tertiary/aromatic N) is 3. The van der Waals surface area contributed by atoms with Crippen LogP contribution in [0.2, 0.25) is 0 Å². The lowest BCUT2D eigenvalue weighted by Gasteiger charge is -2.51. The third-order valence-corrected chi connectivity index (χ3v) is 5.48. The Morgan fingerprint density at radius 3 is 2.50 bits per heavy atom. The number of anilines is 2. The Morgan fingerprint density at radius 1 is 1.23 bits per heavy atom. The molecule has 3 aliphatic rings. The molecule has 0 unspecified atom stereocenters. The number of piperazine rings is 3. The topological polar surface area (TPSA) is 41.7 Å². The second-order valence-electron chi connectivity index (χ2n) is 6.58. The fraction of sp³-hybridized carbons (Fsp3) is 0.647. The third kappa shape index (κ3) is 3.01. The fourth-order valence-electron chi connectivity index (χ4n) is 3.77. The summed E-state index contributed by atoms with van der Waals surface area (Å²) < 4.78 is 6.67. The van der Waals surface area contributed by atoms with Crippen LogP contribution in [-0.4, -0.2) is 75.4 Å². The Hall–Kier alpha value is -1.46. The molecule has 4 rings (SSSR count). The number of benzene rings is 1. The first-order valence-corrected chi connectivity index (χ1v) is 8.42. The maximum atomic E-state index is 5.93. The van der Waals surface area contributed by atoms with Gasteiger partial charge < -0.3 is 19.9 Å². The molecule has 1 aromatic rings. The summed E-state index contributed by atoms with van der Waals surface area (Å²) in [5.74, 6) is 0.773. The molecule has 2 bridgehead atoms. The molecule has 3 aliphatic heterocycles. The summed E-state index contributed by atoms with van der Waals surface area (Å²) in [6, 6.07) is 6.12. The highest BCUT2D eigenvalue weighted by molar-refractivity contribution is 5.62. The zero-order valence-electron chi connectivity index (χ0n) is 13.9. The Kier molecular flexibility index (Phi) is 4.45. The van der Waals surface area contributed by atoms with Gasteiger partial charge in [0.2, 0.25) is 0 Å². The van der Waals surface area contributed by atoms with E-state index in [1.165, 1.54) is 56.0 Å². The van der Waals surface area contributed by atoms with Crippen molar-refractivity contribution in [3.63, 3.8) is 0 Å². The van der Waals surface area contributed by atoms with Crippen molar-refractivity contribution in [2.24, 2.45) is 0 Å². The molecular formula is C17H29N4O+. The monoisotopic (exact) mass is 305 g/mol. The molecule has 122 valence electrons. The molecule has 0 spiro atoms. The number of ether oxygens (including phenoxy) is 1. The highest BCUT2D eigenvalue weighted by Crippen LogP contribution is 2.28. The van der Waals surface area contributed by atoms with E-state index in [-0.39, 0.29) is 0 Å². The number of nitrogens with two attached hydrogens (primary N) is 1. The second kappa shape index (κ2) is 6.34. The molecule has 2 N–H and O–H groups in total. The molecule has 1 aromatic carbocycles. The van der Waals surface area contributed by atoms with Gasteiger partial charge in [-0.05, 0) is 19.1 Å². The summed E-state index contributed by atoms with van der Waals surface area (Å²) in [6.07, 6.45) is 0. The number of fused-ring (bicyclic) bond motifs is 3. The number of rotatable bonds is 6. The van der Waals surface area contributed by atoms with Crippen molar-refractivity contribution in [3.05, 3.63) is 18.2 Å². The van der Waals surface area contributed by atoms with Crippen molar-refractivity contribution in [2.45, 2.75) is 6.92 Å². The van der Waals surface area contributed by atoms with Gasteiger partial charge in [0.25, 0.3) is 0 Å². The smallest absolute Gasteiger partial charge is 0.143 e. The summed E-state index contributed by atoms with van der Waals surface area (Å²) in [7, 11) is 1.68. The Morgan fingerprint density at radius 2 is 1.91 bits per heavy atom. The number of hydrogen-bond acceptors (Lipinski definition) is 4. The molecule has 3 heterocycles. The first kappa shape index (κ1) is 15.4. The van der Waals surface area contributed by atoms with E-state index in [9.17, 15) is 0 Å². The lowest BCUT2D eigenvalue weighted by atomic mass is 10.1. The van der Waals surface area contributed by atoms with Gasteiger partial charge in [-0.2, -0.15) is 0 Å². The highest BCUT2D eigenvalue weighted by Gasteiger charge is 2.38. The molecule has 0 radical (unpaired) electrons. The molecule has 5 nitrogen and oxygen atoms in total. The van der Waals surface area contributed by atoms with Crippen molar-refractivity contribution in [1.82, 2.24) is 4.90 Å². The standard InChI is InChI=1S/C17H29N4O/c1-3-20(15-4-5-16(18)17(14-15)22-2)9-13-21-10-6-19(7-11-21)8-12-21/h4-5,14H,3,6-13,18H2,1-2H3/q+1. The van der Waals surface area contributed by atoms with Crippen LogP contribution < -0.4 is 15.4 Å². The van der Waals surface area contributed by atoms with Gasteiger partial charge in [0.05, 0.1) is 45.5 Å². The molecule has 5 heteroatoms. The summed E-state index contributed by atoms with van der Waals surface area (Å²) >= 11 is 0. The van der Waals surface area contributed by atoms with Crippen LogP contribution in [0.1, 0.15) is 6.92 Å². The zero-order chi connectivity index (χ0) is 15.6. The molecule has 3 fully saturated rings. The first-order chi connectivity index (χ1) is 10.7. The minimum absolute atomic E-state index is 0.705. The van der Waals surface area contributed by atoms with Crippen molar-refractivity contribution < 1.29 is 9.22 Å². The van der Waals surface area contributed by atoms with Gasteiger partial charge in [-0.25, -0.2) is 0 Å². The summed E-state index contributed by atoms with van der Waals surface area (Å²) in [5.41, 5.74) is 7.84. The maximum Gasteiger partial charge on any atom is 0.143 e. The van der Waals surface area contributed by atoms with E-state index in [2.05, 4.69) is 28.9 Å². The second-order valence-corrected chi connectivity index (χ2v) is 6.58. The van der Waals surface area contributed by atoms with Crippen molar-refractivity contribution in [2.75, 3.05) is 76.6 Å². The van der Waals surface area contributed by atoms with Gasteiger partial charge in [0.15, 0.2) is 0 Å². The predicted molar refractivity (Wildman–Crippen MR) is 91.5 cm³/mol. The Balaban J connectivity index is 1.67. The Bertz CT molecular complexity index is 498. The third-order valence-electron chi connectivity index (χ3n) is 5.48. The van der Waals surface area contributed by atoms with Crippen LogP contribution >= 0.6 is 0 Å². The molecule has 0 aliphatic carbocycles. The van der Waals surface area contributed by atoms with Gasteiger partial charge in [-0.3, -0.25) is 4.90 Å². The molecule has 22 heavy (non-hydrogen) atoms. The van der Waals surface area contributed by atoms with Crippen LogP contribution in [-0.2, 0) is 0 Å².